The first-order valence-electron chi connectivity index (χ1n) is 5.89. The van der Waals surface area contributed by atoms with E-state index in [0.717, 1.165) is 12.1 Å². The van der Waals surface area contributed by atoms with E-state index in [1.807, 2.05) is 0 Å². The number of hydrogen-bond donors (Lipinski definition) is 2. The quantitative estimate of drug-likeness (QED) is 0.854. The lowest BCUT2D eigenvalue weighted by molar-refractivity contribution is -0.141. The van der Waals surface area contributed by atoms with Crippen LogP contribution >= 0.6 is 35.0 Å². The van der Waals surface area contributed by atoms with E-state index in [-0.39, 0.29) is 21.1 Å². The zero-order valence-electron chi connectivity index (χ0n) is 10.8. The maximum Gasteiger partial charge on any atom is 0.327 e. The van der Waals surface area contributed by atoms with Gasteiger partial charge < -0.3 is 10.4 Å². The third-order valence-corrected chi connectivity index (χ3v) is 4.80. The first-order valence-corrected chi connectivity index (χ1v) is 7.70. The Morgan fingerprint density at radius 1 is 1.43 bits per heavy atom. The van der Waals surface area contributed by atoms with Gasteiger partial charge in [0.05, 0.1) is 21.1 Å². The van der Waals surface area contributed by atoms with Gasteiger partial charge in [-0.05, 0) is 19.1 Å². The largest absolute Gasteiger partial charge is 0.480 e. The summed E-state index contributed by atoms with van der Waals surface area (Å²) >= 11 is 13.0. The lowest BCUT2D eigenvalue weighted by Gasteiger charge is -2.25. The van der Waals surface area contributed by atoms with Crippen molar-refractivity contribution >= 4 is 52.7 Å². The highest BCUT2D eigenvalue weighted by molar-refractivity contribution is 8.00. The van der Waals surface area contributed by atoms with Crippen LogP contribution in [0.3, 0.4) is 0 Å². The summed E-state index contributed by atoms with van der Waals surface area (Å²) in [6.07, 6.45) is 0. The van der Waals surface area contributed by atoms with Gasteiger partial charge in [-0.15, -0.1) is 11.8 Å². The number of carbonyl (C=O) groups is 2. The van der Waals surface area contributed by atoms with Gasteiger partial charge in [0.25, 0.3) is 0 Å². The molecule has 0 radical (unpaired) electrons. The van der Waals surface area contributed by atoms with Gasteiger partial charge >= 0.3 is 12.0 Å². The van der Waals surface area contributed by atoms with Gasteiger partial charge in [0.15, 0.2) is 0 Å². The lowest BCUT2D eigenvalue weighted by atomic mass is 10.3. The van der Waals surface area contributed by atoms with Crippen LogP contribution in [-0.4, -0.2) is 39.2 Å². The maximum absolute atomic E-state index is 13.1. The van der Waals surface area contributed by atoms with Crippen LogP contribution < -0.4 is 5.32 Å². The second-order valence-electron chi connectivity index (χ2n) is 4.37. The van der Waals surface area contributed by atoms with Crippen molar-refractivity contribution in [3.63, 3.8) is 0 Å². The van der Waals surface area contributed by atoms with Crippen LogP contribution in [0.4, 0.5) is 14.9 Å². The Morgan fingerprint density at radius 2 is 2.00 bits per heavy atom. The van der Waals surface area contributed by atoms with Crippen molar-refractivity contribution in [3.8, 4) is 0 Å². The number of benzene rings is 1. The number of amides is 2. The van der Waals surface area contributed by atoms with Gasteiger partial charge in [-0.2, -0.15) is 0 Å². The van der Waals surface area contributed by atoms with Crippen molar-refractivity contribution in [2.45, 2.75) is 18.3 Å². The molecular weight excluding hydrogens is 342 g/mol. The van der Waals surface area contributed by atoms with Gasteiger partial charge in [0.1, 0.15) is 11.9 Å². The number of nitrogens with zero attached hydrogens (tertiary/aromatic N) is 1. The number of rotatable bonds is 2. The van der Waals surface area contributed by atoms with Crippen molar-refractivity contribution in [1.29, 1.82) is 0 Å². The van der Waals surface area contributed by atoms with Crippen LogP contribution in [-0.2, 0) is 4.79 Å². The molecule has 1 aromatic rings. The average Bonchev–Trinajstić information content (AvgIpc) is 2.75. The molecule has 0 aliphatic carbocycles. The minimum absolute atomic E-state index is 0.0537. The fourth-order valence-corrected chi connectivity index (χ4v) is 3.70. The minimum atomic E-state index is -1.08. The molecule has 0 bridgehead atoms. The Morgan fingerprint density at radius 3 is 2.52 bits per heavy atom. The molecule has 1 aliphatic rings. The third kappa shape index (κ3) is 3.36. The van der Waals surface area contributed by atoms with Crippen LogP contribution in [0.5, 0.6) is 0 Å². The van der Waals surface area contributed by atoms with Crippen LogP contribution in [0.2, 0.25) is 10.0 Å². The fourth-order valence-electron chi connectivity index (χ4n) is 1.97. The predicted octanol–water partition coefficient (Wildman–Crippen LogP) is 3.51. The van der Waals surface area contributed by atoms with Crippen LogP contribution in [0.1, 0.15) is 6.92 Å². The molecule has 2 atom stereocenters. The zero-order valence-corrected chi connectivity index (χ0v) is 13.1. The van der Waals surface area contributed by atoms with Crippen LogP contribution in [0, 0.1) is 5.82 Å². The first kappa shape index (κ1) is 16.2. The van der Waals surface area contributed by atoms with E-state index in [2.05, 4.69) is 5.32 Å². The molecule has 0 spiro atoms. The van der Waals surface area contributed by atoms with Gasteiger partial charge in [0, 0.05) is 5.75 Å². The van der Waals surface area contributed by atoms with Gasteiger partial charge in [0.2, 0.25) is 0 Å². The first-order chi connectivity index (χ1) is 9.81. The summed E-state index contributed by atoms with van der Waals surface area (Å²) in [7, 11) is 0. The maximum atomic E-state index is 13.1. The van der Waals surface area contributed by atoms with Crippen molar-refractivity contribution in [2.24, 2.45) is 0 Å². The van der Waals surface area contributed by atoms with Crippen molar-refractivity contribution in [1.82, 2.24) is 4.90 Å². The molecule has 2 rings (SSSR count). The second-order valence-corrected chi connectivity index (χ2v) is 6.53. The highest BCUT2D eigenvalue weighted by Gasteiger charge is 2.39. The molecular formula is C12H11Cl2FN2O3S. The Kier molecular flexibility index (Phi) is 4.85. The molecule has 21 heavy (non-hydrogen) atoms. The number of carboxylic acid groups (broad SMARTS) is 1. The van der Waals surface area contributed by atoms with Crippen LogP contribution in [0.25, 0.3) is 0 Å². The van der Waals surface area contributed by atoms with Crippen molar-refractivity contribution in [3.05, 3.63) is 28.0 Å². The topological polar surface area (TPSA) is 69.6 Å². The molecule has 1 fully saturated rings. The highest BCUT2D eigenvalue weighted by Crippen LogP contribution is 2.34. The zero-order chi connectivity index (χ0) is 15.7. The van der Waals surface area contributed by atoms with Crippen molar-refractivity contribution in [2.75, 3.05) is 11.1 Å². The average molecular weight is 353 g/mol. The molecule has 1 heterocycles. The molecule has 9 heteroatoms. The third-order valence-electron chi connectivity index (χ3n) is 2.98. The molecule has 2 unspecified atom stereocenters. The number of anilines is 1. The van der Waals surface area contributed by atoms with E-state index >= 15 is 0 Å². The standard InChI is InChI=1S/C12H11Cl2FN2O3S/c1-5-17(9(4-21-5)11(18)19)12(20)16-10-7(13)2-6(15)3-8(10)14/h2-3,5,9H,4H2,1H3,(H,16,20)(H,18,19). The summed E-state index contributed by atoms with van der Waals surface area (Å²) < 4.78 is 13.1. The minimum Gasteiger partial charge on any atom is -0.480 e. The summed E-state index contributed by atoms with van der Waals surface area (Å²) in [4.78, 5) is 24.6. The summed E-state index contributed by atoms with van der Waals surface area (Å²) in [5.74, 6) is -1.41. The number of thioether (sulfide) groups is 1. The molecule has 1 aromatic carbocycles. The summed E-state index contributed by atoms with van der Waals surface area (Å²) in [6, 6.07) is 0.457. The highest BCUT2D eigenvalue weighted by atomic mass is 35.5. The summed E-state index contributed by atoms with van der Waals surface area (Å²) in [5, 5.41) is 11.2. The van der Waals surface area contributed by atoms with E-state index in [1.165, 1.54) is 16.7 Å². The normalized spacial score (nSPS) is 21.4. The van der Waals surface area contributed by atoms with E-state index < -0.39 is 23.9 Å². The molecule has 0 saturated carbocycles. The van der Waals surface area contributed by atoms with E-state index in [4.69, 9.17) is 28.3 Å². The van der Waals surface area contributed by atoms with Crippen molar-refractivity contribution < 1.29 is 19.1 Å². The number of halogens is 3. The monoisotopic (exact) mass is 352 g/mol. The second kappa shape index (κ2) is 6.29. The number of aliphatic carboxylic acids is 1. The number of carboxylic acids is 1. The molecule has 1 saturated heterocycles. The summed E-state index contributed by atoms with van der Waals surface area (Å²) in [6.45, 7) is 1.72. The molecule has 2 N–H and O–H groups in total. The van der Waals surface area contributed by atoms with E-state index in [0.29, 0.717) is 5.75 Å². The Labute approximate surface area is 134 Å². The van der Waals surface area contributed by atoms with E-state index in [9.17, 15) is 14.0 Å². The summed E-state index contributed by atoms with van der Waals surface area (Å²) in [5.41, 5.74) is 0.0537. The van der Waals surface area contributed by atoms with Gasteiger partial charge in [-0.25, -0.2) is 14.0 Å². The van der Waals surface area contributed by atoms with Gasteiger partial charge in [-0.1, -0.05) is 23.2 Å². The molecule has 5 nitrogen and oxygen atoms in total. The number of hydrogen-bond acceptors (Lipinski definition) is 3. The smallest absolute Gasteiger partial charge is 0.327 e. The molecule has 0 aromatic heterocycles. The Hall–Kier alpha value is -1.18. The molecule has 1 aliphatic heterocycles. The Bertz CT molecular complexity index is 579. The number of urea groups is 1. The molecule has 2 amide bonds. The Balaban J connectivity index is 2.23. The lowest BCUT2D eigenvalue weighted by Crippen LogP contribution is -2.46. The van der Waals surface area contributed by atoms with Crippen LogP contribution in [0.15, 0.2) is 12.1 Å². The van der Waals surface area contributed by atoms with Gasteiger partial charge in [-0.3, -0.25) is 4.90 Å². The number of nitrogens with one attached hydrogen (secondary N) is 1. The number of carbonyl (C=O) groups excluding carboxylic acids is 1. The SMILES string of the molecule is CC1SCC(C(=O)O)N1C(=O)Nc1c(Cl)cc(F)cc1Cl. The van der Waals surface area contributed by atoms with E-state index in [1.54, 1.807) is 6.92 Å². The predicted molar refractivity (Wildman–Crippen MR) is 80.6 cm³/mol. The fraction of sp³-hybridized carbons (Fsp3) is 0.333. The molecule has 114 valence electrons.